The second kappa shape index (κ2) is 10.7. The third-order valence-electron chi connectivity index (χ3n) is 6.67. The van der Waals surface area contributed by atoms with Crippen LogP contribution < -0.4 is 5.56 Å². The average molecular weight is 587 g/mol. The number of halogens is 6. The number of amides is 1. The molecule has 206 valence electrons. The van der Waals surface area contributed by atoms with Gasteiger partial charge in [-0.2, -0.15) is 13.2 Å². The summed E-state index contributed by atoms with van der Waals surface area (Å²) in [6.07, 6.45) is -2.06. The van der Waals surface area contributed by atoms with Crippen molar-refractivity contribution < 1.29 is 31.6 Å². The standard InChI is InChI=1S/C25H20ClF5N4O3S/c26-15-8-14(25(29,30)31)11-35(24(15)37)12-21(36)34-6-4-13(5-7-34)23-32-10-20(39-23)18-9-19(38-33-18)22-16(27)2-1-3-17(22)28/h1-3,8,10-11,13,19H,4-7,9,12H2. The van der Waals surface area contributed by atoms with Gasteiger partial charge in [-0.05, 0) is 31.0 Å². The third kappa shape index (κ3) is 5.69. The molecule has 2 aliphatic heterocycles. The number of nitrogens with zero attached hydrogens (tertiary/aromatic N) is 4. The normalized spacial score (nSPS) is 18.3. The summed E-state index contributed by atoms with van der Waals surface area (Å²) in [5.74, 6) is -1.87. The molecule has 0 aliphatic carbocycles. The Balaban J connectivity index is 1.19. The van der Waals surface area contributed by atoms with Gasteiger partial charge in [0.1, 0.15) is 28.9 Å². The minimum absolute atomic E-state index is 0.0289. The first-order valence-corrected chi connectivity index (χ1v) is 13.1. The Kier molecular flexibility index (Phi) is 7.47. The summed E-state index contributed by atoms with van der Waals surface area (Å²) in [4.78, 5) is 36.9. The van der Waals surface area contributed by atoms with E-state index < -0.39 is 52.5 Å². The van der Waals surface area contributed by atoms with Crippen molar-refractivity contribution in [1.82, 2.24) is 14.5 Å². The summed E-state index contributed by atoms with van der Waals surface area (Å²) in [6.45, 7) is 0.106. The van der Waals surface area contributed by atoms with Crippen LogP contribution in [0.25, 0.3) is 0 Å². The Morgan fingerprint density at radius 2 is 1.87 bits per heavy atom. The Morgan fingerprint density at radius 1 is 1.18 bits per heavy atom. The fourth-order valence-electron chi connectivity index (χ4n) is 4.60. The number of pyridine rings is 1. The Morgan fingerprint density at radius 3 is 2.54 bits per heavy atom. The van der Waals surface area contributed by atoms with Crippen molar-refractivity contribution in [2.75, 3.05) is 13.1 Å². The third-order valence-corrected chi connectivity index (χ3v) is 8.15. The number of benzene rings is 1. The summed E-state index contributed by atoms with van der Waals surface area (Å²) in [6, 6.07) is 4.14. The molecule has 2 aliphatic rings. The van der Waals surface area contributed by atoms with Gasteiger partial charge in [0.2, 0.25) is 5.91 Å². The van der Waals surface area contributed by atoms with E-state index in [1.54, 1.807) is 6.20 Å². The van der Waals surface area contributed by atoms with Gasteiger partial charge >= 0.3 is 6.18 Å². The van der Waals surface area contributed by atoms with E-state index in [2.05, 4.69) is 10.1 Å². The van der Waals surface area contributed by atoms with Crippen molar-refractivity contribution in [1.29, 1.82) is 0 Å². The molecule has 0 radical (unpaired) electrons. The molecule has 0 saturated carbocycles. The lowest BCUT2D eigenvalue weighted by molar-refractivity contribution is -0.139. The molecule has 1 fully saturated rings. The molecule has 39 heavy (non-hydrogen) atoms. The molecule has 0 N–H and O–H groups in total. The number of carbonyl (C=O) groups excluding carboxylic acids is 1. The topological polar surface area (TPSA) is 76.8 Å². The summed E-state index contributed by atoms with van der Waals surface area (Å²) < 4.78 is 68.2. The minimum Gasteiger partial charge on any atom is -0.387 e. The van der Waals surface area contributed by atoms with Crippen LogP contribution in [0.5, 0.6) is 0 Å². The van der Waals surface area contributed by atoms with Crippen LogP contribution in [0, 0.1) is 11.6 Å². The Labute approximate surface area is 227 Å². The highest BCUT2D eigenvalue weighted by molar-refractivity contribution is 7.13. The lowest BCUT2D eigenvalue weighted by Crippen LogP contribution is -2.41. The summed E-state index contributed by atoms with van der Waals surface area (Å²) >= 11 is 7.05. The van der Waals surface area contributed by atoms with E-state index in [0.717, 1.165) is 17.1 Å². The number of likely N-dealkylation sites (tertiary alicyclic amines) is 1. The molecule has 1 aromatic carbocycles. The van der Waals surface area contributed by atoms with Gasteiger partial charge in [0.25, 0.3) is 5.56 Å². The van der Waals surface area contributed by atoms with E-state index in [0.29, 0.717) is 53.4 Å². The minimum atomic E-state index is -4.71. The van der Waals surface area contributed by atoms with Crippen molar-refractivity contribution in [2.24, 2.45) is 5.16 Å². The molecule has 0 bridgehead atoms. The monoisotopic (exact) mass is 586 g/mol. The Bertz CT molecular complexity index is 1480. The number of alkyl halides is 3. The van der Waals surface area contributed by atoms with E-state index in [4.69, 9.17) is 16.4 Å². The van der Waals surface area contributed by atoms with E-state index in [-0.39, 0.29) is 17.9 Å². The molecule has 4 heterocycles. The van der Waals surface area contributed by atoms with Crippen molar-refractivity contribution in [3.8, 4) is 0 Å². The molecule has 1 unspecified atom stereocenters. The van der Waals surface area contributed by atoms with Crippen LogP contribution >= 0.6 is 22.9 Å². The molecular weight excluding hydrogens is 567 g/mol. The van der Waals surface area contributed by atoms with Crippen LogP contribution in [0.2, 0.25) is 5.02 Å². The summed E-state index contributed by atoms with van der Waals surface area (Å²) in [7, 11) is 0. The van der Waals surface area contributed by atoms with Crippen molar-refractivity contribution in [2.45, 2.75) is 44.0 Å². The molecule has 1 amide bonds. The zero-order chi connectivity index (χ0) is 27.9. The van der Waals surface area contributed by atoms with Gasteiger partial charge in [0.05, 0.1) is 21.0 Å². The van der Waals surface area contributed by atoms with Crippen molar-refractivity contribution in [3.05, 3.63) is 84.7 Å². The first-order chi connectivity index (χ1) is 18.5. The van der Waals surface area contributed by atoms with Crippen LogP contribution in [-0.2, 0) is 22.4 Å². The maximum Gasteiger partial charge on any atom is 0.417 e. The first-order valence-electron chi connectivity index (χ1n) is 11.9. The quantitative estimate of drug-likeness (QED) is 0.369. The number of rotatable bonds is 5. The molecule has 1 atom stereocenters. The highest BCUT2D eigenvalue weighted by atomic mass is 35.5. The number of hydrogen-bond donors (Lipinski definition) is 0. The van der Waals surface area contributed by atoms with E-state index in [9.17, 15) is 31.5 Å². The SMILES string of the molecule is O=C(Cn1cc(C(F)(F)F)cc(Cl)c1=O)N1CCC(c2ncc(C3=NOC(c4c(F)cccc4F)C3)s2)CC1. The lowest BCUT2D eigenvalue weighted by Gasteiger charge is -2.31. The van der Waals surface area contributed by atoms with Gasteiger partial charge in [-0.1, -0.05) is 22.8 Å². The zero-order valence-corrected chi connectivity index (χ0v) is 21.6. The number of hydrogen-bond acceptors (Lipinski definition) is 6. The second-order valence-corrected chi connectivity index (χ2v) is 10.7. The fraction of sp³-hybridized carbons (Fsp3) is 0.360. The summed E-state index contributed by atoms with van der Waals surface area (Å²) in [5.41, 5.74) is -1.63. The molecule has 14 heteroatoms. The highest BCUT2D eigenvalue weighted by Crippen LogP contribution is 2.36. The number of aromatic nitrogens is 2. The number of carbonyl (C=O) groups is 1. The first kappa shape index (κ1) is 27.3. The van der Waals surface area contributed by atoms with E-state index in [1.165, 1.54) is 22.3 Å². The highest BCUT2D eigenvalue weighted by Gasteiger charge is 2.33. The molecule has 0 spiro atoms. The predicted molar refractivity (Wildman–Crippen MR) is 133 cm³/mol. The lowest BCUT2D eigenvalue weighted by atomic mass is 9.97. The van der Waals surface area contributed by atoms with Crippen LogP contribution in [0.4, 0.5) is 22.0 Å². The predicted octanol–water partition coefficient (Wildman–Crippen LogP) is 5.53. The van der Waals surface area contributed by atoms with Gasteiger partial charge in [0, 0.05) is 37.8 Å². The van der Waals surface area contributed by atoms with Crippen LogP contribution in [0.1, 0.15) is 52.3 Å². The molecule has 2 aromatic heterocycles. The number of thiazole rings is 1. The number of piperidine rings is 1. The summed E-state index contributed by atoms with van der Waals surface area (Å²) in [5, 5.41) is 4.20. The number of oxime groups is 1. The molecule has 7 nitrogen and oxygen atoms in total. The maximum atomic E-state index is 14.1. The fourth-order valence-corrected chi connectivity index (χ4v) is 5.90. The Hall–Kier alpha value is -3.32. The molecule has 3 aromatic rings. The van der Waals surface area contributed by atoms with Gasteiger partial charge in [0.15, 0.2) is 6.10 Å². The van der Waals surface area contributed by atoms with Gasteiger partial charge in [-0.3, -0.25) is 9.59 Å². The van der Waals surface area contributed by atoms with Crippen LogP contribution in [-0.4, -0.2) is 39.2 Å². The molecule has 1 saturated heterocycles. The van der Waals surface area contributed by atoms with Crippen LogP contribution in [0.15, 0.2) is 46.6 Å². The molecular formula is C25H20ClF5N4O3S. The van der Waals surface area contributed by atoms with Gasteiger partial charge < -0.3 is 14.3 Å². The molecule has 5 rings (SSSR count). The van der Waals surface area contributed by atoms with Crippen LogP contribution in [0.3, 0.4) is 0 Å². The maximum absolute atomic E-state index is 14.1. The smallest absolute Gasteiger partial charge is 0.387 e. The largest absolute Gasteiger partial charge is 0.417 e. The van der Waals surface area contributed by atoms with E-state index in [1.807, 2.05) is 0 Å². The second-order valence-electron chi connectivity index (χ2n) is 9.20. The van der Waals surface area contributed by atoms with Gasteiger partial charge in [-0.15, -0.1) is 11.3 Å². The van der Waals surface area contributed by atoms with Gasteiger partial charge in [-0.25, -0.2) is 13.8 Å². The van der Waals surface area contributed by atoms with Crippen molar-refractivity contribution in [3.63, 3.8) is 0 Å². The van der Waals surface area contributed by atoms with Crippen molar-refractivity contribution >= 4 is 34.6 Å². The van der Waals surface area contributed by atoms with E-state index >= 15 is 0 Å². The zero-order valence-electron chi connectivity index (χ0n) is 20.1. The average Bonchev–Trinajstić information content (AvgIpc) is 3.56.